The molecule has 2 nitrogen and oxygen atoms in total. The SMILES string of the molecule is CCc1ccccc1C(C#N)N(C)C. The first-order valence-electron chi connectivity index (χ1n) is 4.84. The Morgan fingerprint density at radius 2 is 2.00 bits per heavy atom. The third-order valence-corrected chi connectivity index (χ3v) is 2.37. The molecule has 0 N–H and O–H groups in total. The first kappa shape index (κ1) is 10.7. The Labute approximate surface area is 85.8 Å². The van der Waals surface area contributed by atoms with Gasteiger partial charge in [-0.1, -0.05) is 31.2 Å². The number of aryl methyl sites for hydroxylation is 1. The number of hydrogen-bond acceptors (Lipinski definition) is 2. The molecule has 0 bridgehead atoms. The summed E-state index contributed by atoms with van der Waals surface area (Å²) in [4.78, 5) is 1.94. The molecule has 0 radical (unpaired) electrons. The highest BCUT2D eigenvalue weighted by atomic mass is 15.1. The smallest absolute Gasteiger partial charge is 0.123 e. The van der Waals surface area contributed by atoms with Crippen molar-refractivity contribution < 1.29 is 0 Å². The molecule has 0 aromatic heterocycles. The van der Waals surface area contributed by atoms with Crippen molar-refractivity contribution in [2.24, 2.45) is 0 Å². The van der Waals surface area contributed by atoms with Gasteiger partial charge in [0.15, 0.2) is 0 Å². The zero-order chi connectivity index (χ0) is 10.6. The van der Waals surface area contributed by atoms with Crippen LogP contribution in [0.5, 0.6) is 0 Å². The van der Waals surface area contributed by atoms with E-state index in [-0.39, 0.29) is 6.04 Å². The normalized spacial score (nSPS) is 12.5. The molecular formula is C12H16N2. The Morgan fingerprint density at radius 3 is 2.50 bits per heavy atom. The molecule has 0 heterocycles. The summed E-state index contributed by atoms with van der Waals surface area (Å²) >= 11 is 0. The lowest BCUT2D eigenvalue weighted by atomic mass is 9.99. The maximum absolute atomic E-state index is 9.08. The van der Waals surface area contributed by atoms with Crippen molar-refractivity contribution in [3.05, 3.63) is 35.4 Å². The highest BCUT2D eigenvalue weighted by Gasteiger charge is 2.15. The van der Waals surface area contributed by atoms with Gasteiger partial charge in [0.1, 0.15) is 6.04 Å². The van der Waals surface area contributed by atoms with Gasteiger partial charge in [-0.3, -0.25) is 4.90 Å². The standard InChI is InChI=1S/C12H16N2/c1-4-10-7-5-6-8-11(10)12(9-13)14(2)3/h5-8,12H,4H2,1-3H3. The zero-order valence-corrected chi connectivity index (χ0v) is 8.99. The number of nitriles is 1. The van der Waals surface area contributed by atoms with Crippen LogP contribution in [0.1, 0.15) is 24.1 Å². The second-order valence-electron chi connectivity index (χ2n) is 3.55. The third kappa shape index (κ3) is 2.12. The number of rotatable bonds is 3. The Balaban J connectivity index is 3.10. The second kappa shape index (κ2) is 4.78. The van der Waals surface area contributed by atoms with E-state index in [0.29, 0.717) is 0 Å². The molecule has 0 fully saturated rings. The predicted molar refractivity (Wildman–Crippen MR) is 57.9 cm³/mol. The Hall–Kier alpha value is -1.33. The van der Waals surface area contributed by atoms with Crippen molar-refractivity contribution in [3.8, 4) is 6.07 Å². The highest BCUT2D eigenvalue weighted by molar-refractivity contribution is 5.33. The van der Waals surface area contributed by atoms with E-state index in [2.05, 4.69) is 19.1 Å². The number of nitrogens with zero attached hydrogens (tertiary/aromatic N) is 2. The van der Waals surface area contributed by atoms with Crippen molar-refractivity contribution >= 4 is 0 Å². The number of benzene rings is 1. The maximum atomic E-state index is 9.08. The molecule has 1 unspecified atom stereocenters. The van der Waals surface area contributed by atoms with Crippen molar-refractivity contribution in [2.45, 2.75) is 19.4 Å². The van der Waals surface area contributed by atoms with Gasteiger partial charge in [0.05, 0.1) is 6.07 Å². The Bertz CT molecular complexity index is 336. The zero-order valence-electron chi connectivity index (χ0n) is 8.99. The van der Waals surface area contributed by atoms with Crippen LogP contribution < -0.4 is 0 Å². The van der Waals surface area contributed by atoms with E-state index >= 15 is 0 Å². The first-order valence-corrected chi connectivity index (χ1v) is 4.84. The molecule has 74 valence electrons. The Kier molecular flexibility index (Phi) is 3.67. The molecule has 0 amide bonds. The fourth-order valence-electron chi connectivity index (χ4n) is 1.59. The van der Waals surface area contributed by atoms with Crippen LogP contribution in [0.3, 0.4) is 0 Å². The van der Waals surface area contributed by atoms with E-state index in [9.17, 15) is 0 Å². The molecule has 0 spiro atoms. The van der Waals surface area contributed by atoms with E-state index in [1.165, 1.54) is 5.56 Å². The first-order chi connectivity index (χ1) is 6.70. The van der Waals surface area contributed by atoms with Crippen LogP contribution in [0, 0.1) is 11.3 Å². The van der Waals surface area contributed by atoms with E-state index in [1.54, 1.807) is 0 Å². The lowest BCUT2D eigenvalue weighted by molar-refractivity contribution is 0.357. The van der Waals surface area contributed by atoms with Crippen molar-refractivity contribution in [3.63, 3.8) is 0 Å². The second-order valence-corrected chi connectivity index (χ2v) is 3.55. The van der Waals surface area contributed by atoms with Gasteiger partial charge < -0.3 is 0 Å². The van der Waals surface area contributed by atoms with Gasteiger partial charge in [0.2, 0.25) is 0 Å². The van der Waals surface area contributed by atoms with Gasteiger partial charge in [0, 0.05) is 0 Å². The topological polar surface area (TPSA) is 27.0 Å². The fourth-order valence-corrected chi connectivity index (χ4v) is 1.59. The summed E-state index contributed by atoms with van der Waals surface area (Å²) in [5.41, 5.74) is 2.38. The van der Waals surface area contributed by atoms with E-state index in [1.807, 2.05) is 37.2 Å². The molecular weight excluding hydrogens is 172 g/mol. The van der Waals surface area contributed by atoms with Gasteiger partial charge in [-0.15, -0.1) is 0 Å². The van der Waals surface area contributed by atoms with Gasteiger partial charge in [-0.05, 0) is 31.6 Å². The average Bonchev–Trinajstić information content (AvgIpc) is 2.19. The van der Waals surface area contributed by atoms with Crippen LogP contribution in [0.25, 0.3) is 0 Å². The predicted octanol–water partition coefficient (Wildman–Crippen LogP) is 2.38. The molecule has 0 aliphatic rings. The van der Waals surface area contributed by atoms with Gasteiger partial charge in [-0.25, -0.2) is 0 Å². The van der Waals surface area contributed by atoms with Crippen LogP contribution in [0.2, 0.25) is 0 Å². The summed E-state index contributed by atoms with van der Waals surface area (Å²) in [6, 6.07) is 10.3. The molecule has 1 atom stereocenters. The average molecular weight is 188 g/mol. The molecule has 0 aliphatic carbocycles. The van der Waals surface area contributed by atoms with Crippen LogP contribution in [-0.2, 0) is 6.42 Å². The van der Waals surface area contributed by atoms with Gasteiger partial charge >= 0.3 is 0 Å². The summed E-state index contributed by atoms with van der Waals surface area (Å²) in [5.74, 6) is 0. The molecule has 14 heavy (non-hydrogen) atoms. The molecule has 0 aliphatic heterocycles. The van der Waals surface area contributed by atoms with Crippen molar-refractivity contribution in [1.29, 1.82) is 5.26 Å². The minimum Gasteiger partial charge on any atom is -0.291 e. The minimum absolute atomic E-state index is 0.133. The van der Waals surface area contributed by atoms with Crippen LogP contribution in [-0.4, -0.2) is 19.0 Å². The molecule has 2 heteroatoms. The molecule has 1 rings (SSSR count). The van der Waals surface area contributed by atoms with Crippen molar-refractivity contribution in [2.75, 3.05) is 14.1 Å². The van der Waals surface area contributed by atoms with Crippen LogP contribution >= 0.6 is 0 Å². The lowest BCUT2D eigenvalue weighted by Crippen LogP contribution is -2.19. The quantitative estimate of drug-likeness (QED) is 0.728. The summed E-state index contributed by atoms with van der Waals surface area (Å²) < 4.78 is 0. The van der Waals surface area contributed by atoms with Gasteiger partial charge in [0.25, 0.3) is 0 Å². The van der Waals surface area contributed by atoms with E-state index in [0.717, 1.165) is 12.0 Å². The molecule has 0 saturated carbocycles. The lowest BCUT2D eigenvalue weighted by Gasteiger charge is -2.19. The maximum Gasteiger partial charge on any atom is 0.123 e. The molecule has 1 aromatic rings. The van der Waals surface area contributed by atoms with Crippen LogP contribution in [0.15, 0.2) is 24.3 Å². The third-order valence-electron chi connectivity index (χ3n) is 2.37. The van der Waals surface area contributed by atoms with Crippen LogP contribution in [0.4, 0.5) is 0 Å². The molecule has 0 saturated heterocycles. The number of hydrogen-bond donors (Lipinski definition) is 0. The Morgan fingerprint density at radius 1 is 1.36 bits per heavy atom. The minimum atomic E-state index is -0.133. The molecule has 1 aromatic carbocycles. The van der Waals surface area contributed by atoms with E-state index in [4.69, 9.17) is 5.26 Å². The van der Waals surface area contributed by atoms with Crippen molar-refractivity contribution in [1.82, 2.24) is 4.90 Å². The summed E-state index contributed by atoms with van der Waals surface area (Å²) in [5, 5.41) is 9.08. The van der Waals surface area contributed by atoms with Gasteiger partial charge in [-0.2, -0.15) is 5.26 Å². The summed E-state index contributed by atoms with van der Waals surface area (Å²) in [6.45, 7) is 2.11. The summed E-state index contributed by atoms with van der Waals surface area (Å²) in [7, 11) is 3.86. The fraction of sp³-hybridized carbons (Fsp3) is 0.417. The highest BCUT2D eigenvalue weighted by Crippen LogP contribution is 2.21. The summed E-state index contributed by atoms with van der Waals surface area (Å²) in [6.07, 6.45) is 0.974. The largest absolute Gasteiger partial charge is 0.291 e. The monoisotopic (exact) mass is 188 g/mol. The van der Waals surface area contributed by atoms with E-state index < -0.39 is 0 Å².